The van der Waals surface area contributed by atoms with Gasteiger partial charge >= 0.3 is 0 Å². The van der Waals surface area contributed by atoms with Crippen LogP contribution in [0.1, 0.15) is 21.5 Å². The van der Waals surface area contributed by atoms with Gasteiger partial charge in [0.25, 0.3) is 5.91 Å². The van der Waals surface area contributed by atoms with Gasteiger partial charge in [-0.2, -0.15) is 5.10 Å². The van der Waals surface area contributed by atoms with E-state index in [0.29, 0.717) is 44.8 Å². The fourth-order valence-corrected chi connectivity index (χ4v) is 3.72. The van der Waals surface area contributed by atoms with Crippen LogP contribution in [0.2, 0.25) is 10.0 Å². The first-order chi connectivity index (χ1) is 15.5. The van der Waals surface area contributed by atoms with Gasteiger partial charge in [0.1, 0.15) is 12.4 Å². The Morgan fingerprint density at radius 2 is 1.69 bits per heavy atom. The average molecular weight is 531 g/mol. The van der Waals surface area contributed by atoms with Crippen molar-refractivity contribution in [2.24, 2.45) is 0 Å². The summed E-state index contributed by atoms with van der Waals surface area (Å²) in [4.78, 5) is 12.7. The number of rotatable bonds is 7. The van der Waals surface area contributed by atoms with Crippen LogP contribution in [0.4, 0.5) is 5.82 Å². The molecule has 4 rings (SSSR count). The predicted molar refractivity (Wildman–Crippen MR) is 131 cm³/mol. The second-order valence-corrected chi connectivity index (χ2v) is 8.77. The summed E-state index contributed by atoms with van der Waals surface area (Å²) in [6.07, 6.45) is 1.82. The van der Waals surface area contributed by atoms with Gasteiger partial charge in [-0.05, 0) is 69.5 Å². The van der Waals surface area contributed by atoms with Crippen LogP contribution in [0.5, 0.6) is 5.75 Å². The summed E-state index contributed by atoms with van der Waals surface area (Å²) in [6.45, 7) is 0.940. The second kappa shape index (κ2) is 10.2. The molecular formula is C24H18BrCl2N3O2. The molecule has 1 N–H and O–H groups in total. The summed E-state index contributed by atoms with van der Waals surface area (Å²) in [5.41, 5.74) is 2.52. The number of carbonyl (C=O) groups excluding carboxylic acids is 1. The molecule has 0 bridgehead atoms. The molecule has 0 unspecified atom stereocenters. The molecular weight excluding hydrogens is 513 g/mol. The van der Waals surface area contributed by atoms with Crippen molar-refractivity contribution in [1.82, 2.24) is 9.78 Å². The Bertz CT molecular complexity index is 1220. The Morgan fingerprint density at radius 1 is 0.969 bits per heavy atom. The maximum Gasteiger partial charge on any atom is 0.256 e. The number of hydrogen-bond acceptors (Lipinski definition) is 3. The average Bonchev–Trinajstić information content (AvgIpc) is 3.12. The van der Waals surface area contributed by atoms with Crippen molar-refractivity contribution in [2.75, 3.05) is 5.32 Å². The van der Waals surface area contributed by atoms with E-state index >= 15 is 0 Å². The number of nitrogens with one attached hydrogen (secondary N) is 1. The van der Waals surface area contributed by atoms with Crippen LogP contribution in [0.3, 0.4) is 0 Å². The van der Waals surface area contributed by atoms with Crippen LogP contribution in [0, 0.1) is 0 Å². The monoisotopic (exact) mass is 529 g/mol. The highest BCUT2D eigenvalue weighted by Gasteiger charge is 2.12. The largest absolute Gasteiger partial charge is 0.489 e. The van der Waals surface area contributed by atoms with Gasteiger partial charge in [-0.1, -0.05) is 53.5 Å². The molecule has 0 saturated carbocycles. The molecule has 0 spiro atoms. The van der Waals surface area contributed by atoms with Gasteiger partial charge in [-0.3, -0.25) is 9.48 Å². The first-order valence-corrected chi connectivity index (χ1v) is 11.3. The summed E-state index contributed by atoms with van der Waals surface area (Å²) in [7, 11) is 0. The van der Waals surface area contributed by atoms with Crippen LogP contribution in [0.15, 0.2) is 83.5 Å². The lowest BCUT2D eigenvalue weighted by atomic mass is 10.1. The summed E-state index contributed by atoms with van der Waals surface area (Å²) < 4.78 is 8.18. The van der Waals surface area contributed by atoms with Crippen molar-refractivity contribution in [3.63, 3.8) is 0 Å². The lowest BCUT2D eigenvalue weighted by molar-refractivity contribution is 0.102. The molecule has 0 atom stereocenters. The van der Waals surface area contributed by atoms with Crippen molar-refractivity contribution in [3.8, 4) is 5.75 Å². The third kappa shape index (κ3) is 5.91. The number of amides is 1. The molecule has 3 aromatic carbocycles. The number of anilines is 1. The third-order valence-corrected chi connectivity index (χ3v) is 5.69. The summed E-state index contributed by atoms with van der Waals surface area (Å²) in [5.74, 6) is 0.903. The standard InChI is InChI=1S/C24H18BrCl2N3O2/c25-22-14-30(13-16-6-10-19(26)11-7-16)29-23(22)28-24(31)18-8-4-17(5-9-18)15-32-21-3-1-2-20(27)12-21/h1-12,14H,13,15H2,(H,28,29,31). The molecule has 0 aliphatic heterocycles. The highest BCUT2D eigenvalue weighted by molar-refractivity contribution is 9.10. The quantitative estimate of drug-likeness (QED) is 0.285. The van der Waals surface area contributed by atoms with Crippen molar-refractivity contribution >= 4 is 50.9 Å². The summed E-state index contributed by atoms with van der Waals surface area (Å²) >= 11 is 15.4. The molecule has 0 saturated heterocycles. The maximum absolute atomic E-state index is 12.7. The Kier molecular flexibility index (Phi) is 7.15. The summed E-state index contributed by atoms with van der Waals surface area (Å²) in [6, 6.07) is 22.0. The van der Waals surface area contributed by atoms with E-state index in [4.69, 9.17) is 27.9 Å². The smallest absolute Gasteiger partial charge is 0.256 e. The number of aromatic nitrogens is 2. The number of halogens is 3. The molecule has 0 fully saturated rings. The van der Waals surface area contributed by atoms with Crippen LogP contribution < -0.4 is 10.1 Å². The Hall–Kier alpha value is -2.80. The Morgan fingerprint density at radius 3 is 2.41 bits per heavy atom. The van der Waals surface area contributed by atoms with Gasteiger partial charge < -0.3 is 10.1 Å². The van der Waals surface area contributed by atoms with Gasteiger partial charge in [0.2, 0.25) is 0 Å². The number of ether oxygens (including phenoxy) is 1. The number of carbonyl (C=O) groups is 1. The van der Waals surface area contributed by atoms with E-state index in [9.17, 15) is 4.79 Å². The van der Waals surface area contributed by atoms with Crippen molar-refractivity contribution < 1.29 is 9.53 Å². The Labute approximate surface area is 204 Å². The van der Waals surface area contributed by atoms with E-state index < -0.39 is 0 Å². The van der Waals surface area contributed by atoms with E-state index in [1.165, 1.54) is 0 Å². The maximum atomic E-state index is 12.7. The molecule has 0 aliphatic carbocycles. The van der Waals surface area contributed by atoms with Crippen molar-refractivity contribution in [2.45, 2.75) is 13.2 Å². The number of benzene rings is 3. The van der Waals surface area contributed by atoms with Crippen LogP contribution in [-0.4, -0.2) is 15.7 Å². The lowest BCUT2D eigenvalue weighted by Gasteiger charge is -2.08. The molecule has 0 radical (unpaired) electrons. The van der Waals surface area contributed by atoms with Crippen LogP contribution >= 0.6 is 39.1 Å². The van der Waals surface area contributed by atoms with E-state index in [0.717, 1.165) is 11.1 Å². The normalized spacial score (nSPS) is 10.7. The number of hydrogen-bond donors (Lipinski definition) is 1. The fourth-order valence-electron chi connectivity index (χ4n) is 3.00. The van der Waals surface area contributed by atoms with Gasteiger partial charge in [0.05, 0.1) is 11.0 Å². The van der Waals surface area contributed by atoms with E-state index in [-0.39, 0.29) is 5.91 Å². The second-order valence-electron chi connectivity index (χ2n) is 7.05. The van der Waals surface area contributed by atoms with Crippen molar-refractivity contribution in [3.05, 3.63) is 110 Å². The van der Waals surface area contributed by atoms with Gasteiger partial charge in [-0.15, -0.1) is 0 Å². The Balaban J connectivity index is 1.36. The topological polar surface area (TPSA) is 56.2 Å². The summed E-state index contributed by atoms with van der Waals surface area (Å²) in [5, 5.41) is 8.60. The SMILES string of the molecule is O=C(Nc1nn(Cc2ccc(Cl)cc2)cc1Br)c1ccc(COc2cccc(Cl)c2)cc1. The molecule has 4 aromatic rings. The highest BCUT2D eigenvalue weighted by atomic mass is 79.9. The minimum Gasteiger partial charge on any atom is -0.489 e. The molecule has 1 heterocycles. The third-order valence-electron chi connectivity index (χ3n) is 4.62. The number of nitrogens with zero attached hydrogens (tertiary/aromatic N) is 2. The van der Waals surface area contributed by atoms with E-state index in [2.05, 4.69) is 26.3 Å². The molecule has 162 valence electrons. The van der Waals surface area contributed by atoms with E-state index in [1.54, 1.807) is 28.9 Å². The van der Waals surface area contributed by atoms with Gasteiger partial charge in [0, 0.05) is 21.8 Å². The van der Waals surface area contributed by atoms with E-state index in [1.807, 2.05) is 54.7 Å². The first kappa shape index (κ1) is 22.4. The molecule has 5 nitrogen and oxygen atoms in total. The zero-order valence-corrected chi connectivity index (χ0v) is 19.9. The molecule has 8 heteroatoms. The predicted octanol–water partition coefficient (Wildman–Crippen LogP) is 6.83. The lowest BCUT2D eigenvalue weighted by Crippen LogP contribution is -2.13. The zero-order chi connectivity index (χ0) is 22.5. The van der Waals surface area contributed by atoms with Crippen LogP contribution in [-0.2, 0) is 13.2 Å². The molecule has 1 amide bonds. The molecule has 32 heavy (non-hydrogen) atoms. The fraction of sp³-hybridized carbons (Fsp3) is 0.0833. The zero-order valence-electron chi connectivity index (χ0n) is 16.8. The van der Waals surface area contributed by atoms with Crippen LogP contribution in [0.25, 0.3) is 0 Å². The van der Waals surface area contributed by atoms with Crippen molar-refractivity contribution in [1.29, 1.82) is 0 Å². The minimum atomic E-state index is -0.246. The van der Waals surface area contributed by atoms with Gasteiger partial charge in [-0.25, -0.2) is 0 Å². The highest BCUT2D eigenvalue weighted by Crippen LogP contribution is 2.22. The molecule has 1 aromatic heterocycles. The minimum absolute atomic E-state index is 0.246. The molecule has 0 aliphatic rings. The van der Waals surface area contributed by atoms with Gasteiger partial charge in [0.15, 0.2) is 5.82 Å². The first-order valence-electron chi connectivity index (χ1n) is 9.72.